The molecule has 46 heavy (non-hydrogen) atoms. The zero-order valence-corrected chi connectivity index (χ0v) is 28.0. The Hall–Kier alpha value is -4.16. The molecule has 0 saturated carbocycles. The number of carbonyl (C=O) groups excluding carboxylic acids is 2. The Balaban J connectivity index is 0.000000170. The minimum atomic E-state index is -0.579. The Morgan fingerprint density at radius 3 is 0.891 bits per heavy atom. The molecule has 0 unspecified atom stereocenters. The molecule has 1 aliphatic rings. The molecule has 3 heterocycles. The normalized spacial score (nSPS) is 11.8. The number of carbonyl (C=O) groups is 2. The Morgan fingerprint density at radius 2 is 0.674 bits per heavy atom. The third-order valence-corrected chi connectivity index (χ3v) is 11.1. The minimum absolute atomic E-state index is 0. The van der Waals surface area contributed by atoms with Crippen molar-refractivity contribution < 1.29 is 34.7 Å². The molecule has 0 bridgehead atoms. The van der Waals surface area contributed by atoms with Crippen LogP contribution in [0, 0.1) is 12.8 Å². The molecule has 6 aromatic rings. The van der Waals surface area contributed by atoms with Gasteiger partial charge in [-0.3, -0.25) is 19.6 Å². The van der Waals surface area contributed by atoms with Crippen molar-refractivity contribution in [3.05, 3.63) is 183 Å². The van der Waals surface area contributed by atoms with Gasteiger partial charge in [-0.15, -0.1) is 0 Å². The van der Waals surface area contributed by atoms with Crippen LogP contribution in [0.5, 0.6) is 0 Å². The Kier molecular flexibility index (Phi) is 14.1. The third kappa shape index (κ3) is 10.2. The molecule has 1 saturated heterocycles. The SMILES string of the molecule is O=C1[CH][CH]C(=O)O1.[Pd].c1ccc(P(c2ccccc2)c2ccccn2)cc1.c1ccc(P(c2ccccc2)c2ccccn2)cc1. The van der Waals surface area contributed by atoms with Crippen LogP contribution in [0.15, 0.2) is 170 Å². The second-order valence-electron chi connectivity index (χ2n) is 9.46. The summed E-state index contributed by atoms with van der Waals surface area (Å²) in [7, 11) is -1.11. The van der Waals surface area contributed by atoms with E-state index in [1.54, 1.807) is 0 Å². The van der Waals surface area contributed by atoms with Gasteiger partial charge in [-0.1, -0.05) is 133 Å². The number of pyridine rings is 2. The maximum atomic E-state index is 9.92. The van der Waals surface area contributed by atoms with E-state index >= 15 is 0 Å². The topological polar surface area (TPSA) is 69.2 Å². The molecule has 230 valence electrons. The average Bonchev–Trinajstić information content (AvgIpc) is 3.50. The summed E-state index contributed by atoms with van der Waals surface area (Å²) in [5, 5.41) is 5.34. The number of rotatable bonds is 6. The molecule has 8 heteroatoms. The molecular weight excluding hydrogens is 701 g/mol. The van der Waals surface area contributed by atoms with E-state index in [1.807, 2.05) is 24.5 Å². The van der Waals surface area contributed by atoms with E-state index in [0.29, 0.717) is 0 Å². The fraction of sp³-hybridized carbons (Fsp3) is 0. The van der Waals surface area contributed by atoms with Crippen molar-refractivity contribution in [2.45, 2.75) is 0 Å². The number of cyclic esters (lactones) is 2. The predicted octanol–water partition coefficient (Wildman–Crippen LogP) is 5.16. The summed E-state index contributed by atoms with van der Waals surface area (Å²) in [6.07, 6.45) is 5.91. The van der Waals surface area contributed by atoms with E-state index in [2.05, 4.69) is 160 Å². The van der Waals surface area contributed by atoms with Crippen molar-refractivity contribution in [3.63, 3.8) is 0 Å². The average molecular weight is 731 g/mol. The first-order chi connectivity index (χ1) is 22.2. The van der Waals surface area contributed by atoms with E-state index in [9.17, 15) is 9.59 Å². The second-order valence-corrected chi connectivity index (χ2v) is 13.8. The van der Waals surface area contributed by atoms with Crippen molar-refractivity contribution >= 4 is 59.9 Å². The summed E-state index contributed by atoms with van der Waals surface area (Å²) in [6.45, 7) is 0. The zero-order valence-electron chi connectivity index (χ0n) is 24.7. The van der Waals surface area contributed by atoms with Crippen LogP contribution >= 0.6 is 15.8 Å². The molecule has 0 spiro atoms. The molecule has 0 N–H and O–H groups in total. The van der Waals surface area contributed by atoms with Crippen molar-refractivity contribution in [2.75, 3.05) is 0 Å². The van der Waals surface area contributed by atoms with Crippen LogP contribution in [0.4, 0.5) is 0 Å². The fourth-order valence-corrected chi connectivity index (χ4v) is 8.78. The number of hydrogen-bond acceptors (Lipinski definition) is 5. The van der Waals surface area contributed by atoms with Gasteiger partial charge < -0.3 is 4.74 Å². The number of benzene rings is 4. The van der Waals surface area contributed by atoms with Crippen molar-refractivity contribution in [1.82, 2.24) is 9.97 Å². The van der Waals surface area contributed by atoms with Crippen LogP contribution in [0.1, 0.15) is 0 Å². The molecule has 2 aromatic heterocycles. The third-order valence-electron chi connectivity index (χ3n) is 6.37. The maximum absolute atomic E-state index is 9.92. The first-order valence-electron chi connectivity index (χ1n) is 14.3. The standard InChI is InChI=1S/2C17H14NP.C4H2O3.Pd/c2*1-3-9-15(10-4-1)19(16-11-5-2-6-12-16)17-13-7-8-14-18-17;5-3-1-2-4(6)7-3;/h2*1-14H;1-2H;. The van der Waals surface area contributed by atoms with Gasteiger partial charge >= 0.3 is 11.9 Å². The monoisotopic (exact) mass is 730 g/mol. The number of hydrogen-bond donors (Lipinski definition) is 0. The van der Waals surface area contributed by atoms with Gasteiger partial charge in [0.15, 0.2) is 0 Å². The molecule has 0 amide bonds. The quantitative estimate of drug-likeness (QED) is 0.103. The number of nitrogens with zero attached hydrogens (tertiary/aromatic N) is 2. The Bertz CT molecular complexity index is 1430. The van der Waals surface area contributed by atoms with Gasteiger partial charge in [0.25, 0.3) is 0 Å². The summed E-state index contributed by atoms with van der Waals surface area (Å²) in [5.74, 6) is -1.16. The van der Waals surface area contributed by atoms with Crippen LogP contribution in [0.2, 0.25) is 0 Å². The summed E-state index contributed by atoms with van der Waals surface area (Å²) in [6, 6.07) is 54.8. The largest absolute Gasteiger partial charge is 0.393 e. The van der Waals surface area contributed by atoms with Crippen molar-refractivity contribution in [2.24, 2.45) is 0 Å². The molecule has 0 atom stereocenters. The molecule has 1 fully saturated rings. The molecular formula is C38H30N2O3P2Pd. The number of esters is 2. The van der Waals surface area contributed by atoms with E-state index < -0.39 is 27.8 Å². The Labute approximate surface area is 286 Å². The minimum Gasteiger partial charge on any atom is -0.393 e. The predicted molar refractivity (Wildman–Crippen MR) is 186 cm³/mol. The van der Waals surface area contributed by atoms with E-state index in [4.69, 9.17) is 0 Å². The first-order valence-corrected chi connectivity index (χ1v) is 16.9. The molecule has 2 radical (unpaired) electrons. The van der Waals surface area contributed by atoms with Gasteiger partial charge in [0.1, 0.15) is 0 Å². The smallest absolute Gasteiger partial charge is 0.318 e. The second kappa shape index (κ2) is 18.7. The fourth-order valence-electron chi connectivity index (χ4n) is 4.41. The maximum Gasteiger partial charge on any atom is 0.318 e. The summed E-state index contributed by atoms with van der Waals surface area (Å²) >= 11 is 0. The van der Waals surface area contributed by atoms with Crippen LogP contribution in [-0.2, 0) is 34.7 Å². The Morgan fingerprint density at radius 1 is 0.391 bits per heavy atom. The van der Waals surface area contributed by atoms with Crippen LogP contribution in [-0.4, -0.2) is 21.9 Å². The summed E-state index contributed by atoms with van der Waals surface area (Å²) in [5.41, 5.74) is 2.30. The van der Waals surface area contributed by atoms with Crippen LogP contribution in [0.25, 0.3) is 0 Å². The van der Waals surface area contributed by atoms with Gasteiger partial charge in [0, 0.05) is 48.7 Å². The number of aromatic nitrogens is 2. The summed E-state index contributed by atoms with van der Waals surface area (Å²) < 4.78 is 3.97. The van der Waals surface area contributed by atoms with Gasteiger partial charge in [0.2, 0.25) is 0 Å². The first kappa shape index (κ1) is 34.7. The van der Waals surface area contributed by atoms with Gasteiger partial charge in [-0.25, -0.2) is 0 Å². The van der Waals surface area contributed by atoms with Crippen molar-refractivity contribution in [3.8, 4) is 0 Å². The van der Waals surface area contributed by atoms with Gasteiger partial charge in [-0.2, -0.15) is 0 Å². The molecule has 1 aliphatic heterocycles. The van der Waals surface area contributed by atoms with E-state index in [1.165, 1.54) is 21.2 Å². The van der Waals surface area contributed by atoms with Gasteiger partial charge in [0.05, 0.1) is 23.7 Å². The zero-order chi connectivity index (χ0) is 31.1. The molecule has 0 aliphatic carbocycles. The van der Waals surface area contributed by atoms with Gasteiger partial charge in [-0.05, 0) is 45.5 Å². The molecule has 4 aromatic carbocycles. The molecule has 5 nitrogen and oxygen atoms in total. The van der Waals surface area contributed by atoms with E-state index in [0.717, 1.165) is 23.7 Å². The number of ether oxygens (including phenoxy) is 1. The van der Waals surface area contributed by atoms with E-state index in [-0.39, 0.29) is 20.4 Å². The summed E-state index contributed by atoms with van der Waals surface area (Å²) in [4.78, 5) is 29.0. The van der Waals surface area contributed by atoms with Crippen LogP contribution < -0.4 is 32.1 Å². The molecule has 7 rings (SSSR count). The van der Waals surface area contributed by atoms with Crippen LogP contribution in [0.3, 0.4) is 0 Å². The van der Waals surface area contributed by atoms with Crippen molar-refractivity contribution in [1.29, 1.82) is 0 Å².